The number of ether oxygens (including phenoxy) is 1. The molecule has 116 valence electrons. The van der Waals surface area contributed by atoms with E-state index in [0.29, 0.717) is 26.0 Å². The molecule has 0 aromatic heterocycles. The highest BCUT2D eigenvalue weighted by Gasteiger charge is 2.38. The number of carboxylic acid groups (broad SMARTS) is 1. The molecule has 1 N–H and O–H groups in total. The molecule has 0 spiro atoms. The van der Waals surface area contributed by atoms with Gasteiger partial charge in [0.15, 0.2) is 0 Å². The highest BCUT2D eigenvalue weighted by atomic mass is 16.5. The van der Waals surface area contributed by atoms with Crippen molar-refractivity contribution in [2.45, 2.75) is 52.0 Å². The zero-order valence-electron chi connectivity index (χ0n) is 12.8. The molecule has 0 saturated heterocycles. The van der Waals surface area contributed by atoms with E-state index in [1.165, 1.54) is 0 Å². The van der Waals surface area contributed by atoms with Crippen LogP contribution >= 0.6 is 0 Å². The molecule has 0 aromatic carbocycles. The third-order valence-electron chi connectivity index (χ3n) is 4.34. The van der Waals surface area contributed by atoms with Gasteiger partial charge in [0, 0.05) is 19.7 Å². The SMILES string of the molecule is CCC(C)N(CCOC)C(=O)[C@@H]1CCCC[C@@H]1C(=O)O. The van der Waals surface area contributed by atoms with E-state index in [1.807, 2.05) is 13.8 Å². The zero-order valence-corrected chi connectivity index (χ0v) is 12.8. The van der Waals surface area contributed by atoms with Gasteiger partial charge in [-0.3, -0.25) is 9.59 Å². The Balaban J connectivity index is 2.82. The topological polar surface area (TPSA) is 66.8 Å². The van der Waals surface area contributed by atoms with Crippen molar-refractivity contribution >= 4 is 11.9 Å². The van der Waals surface area contributed by atoms with E-state index < -0.39 is 11.9 Å². The largest absolute Gasteiger partial charge is 0.481 e. The number of nitrogens with zero attached hydrogens (tertiary/aromatic N) is 1. The molecular formula is C15H27NO4. The number of carbonyl (C=O) groups excluding carboxylic acids is 1. The quantitative estimate of drug-likeness (QED) is 0.778. The molecule has 1 saturated carbocycles. The molecule has 1 fully saturated rings. The minimum absolute atomic E-state index is 0.0106. The molecule has 0 aromatic rings. The maximum Gasteiger partial charge on any atom is 0.307 e. The summed E-state index contributed by atoms with van der Waals surface area (Å²) in [6.45, 7) is 5.06. The molecule has 5 heteroatoms. The number of hydrogen-bond donors (Lipinski definition) is 1. The van der Waals surface area contributed by atoms with Gasteiger partial charge in [0.05, 0.1) is 18.4 Å². The van der Waals surface area contributed by atoms with Crippen LogP contribution in [-0.4, -0.2) is 48.2 Å². The number of carboxylic acids is 1. The number of rotatable bonds is 7. The van der Waals surface area contributed by atoms with E-state index in [4.69, 9.17) is 4.74 Å². The second-order valence-corrected chi connectivity index (χ2v) is 5.62. The maximum atomic E-state index is 12.7. The van der Waals surface area contributed by atoms with Crippen LogP contribution in [-0.2, 0) is 14.3 Å². The predicted molar refractivity (Wildman–Crippen MR) is 76.4 cm³/mol. The molecule has 0 bridgehead atoms. The summed E-state index contributed by atoms with van der Waals surface area (Å²) in [5.74, 6) is -1.74. The molecule has 0 radical (unpaired) electrons. The van der Waals surface area contributed by atoms with Gasteiger partial charge < -0.3 is 14.7 Å². The summed E-state index contributed by atoms with van der Waals surface area (Å²) in [5, 5.41) is 9.32. The van der Waals surface area contributed by atoms with Gasteiger partial charge in [-0.25, -0.2) is 0 Å². The summed E-state index contributed by atoms with van der Waals surface area (Å²) in [4.78, 5) is 25.9. The lowest BCUT2D eigenvalue weighted by Gasteiger charge is -2.35. The second kappa shape index (κ2) is 8.25. The fraction of sp³-hybridized carbons (Fsp3) is 0.867. The Kier molecular flexibility index (Phi) is 6.99. The monoisotopic (exact) mass is 285 g/mol. The fourth-order valence-corrected chi connectivity index (χ4v) is 2.89. The van der Waals surface area contributed by atoms with E-state index in [0.717, 1.165) is 19.3 Å². The van der Waals surface area contributed by atoms with E-state index >= 15 is 0 Å². The molecule has 20 heavy (non-hydrogen) atoms. The van der Waals surface area contributed by atoms with Gasteiger partial charge in [-0.2, -0.15) is 0 Å². The number of amides is 1. The first-order valence-corrected chi connectivity index (χ1v) is 7.55. The van der Waals surface area contributed by atoms with Crippen LogP contribution in [0, 0.1) is 11.8 Å². The molecule has 0 aliphatic heterocycles. The normalized spacial score (nSPS) is 24.1. The summed E-state index contributed by atoms with van der Waals surface area (Å²) < 4.78 is 5.07. The van der Waals surface area contributed by atoms with Crippen molar-refractivity contribution in [3.05, 3.63) is 0 Å². The number of hydrogen-bond acceptors (Lipinski definition) is 3. The smallest absolute Gasteiger partial charge is 0.307 e. The molecule has 1 rings (SSSR count). The van der Waals surface area contributed by atoms with Crippen molar-refractivity contribution in [3.63, 3.8) is 0 Å². The van der Waals surface area contributed by atoms with Crippen LogP contribution in [0.4, 0.5) is 0 Å². The summed E-state index contributed by atoms with van der Waals surface area (Å²) >= 11 is 0. The Morgan fingerprint density at radius 3 is 2.40 bits per heavy atom. The standard InChI is InChI=1S/C15H27NO4/c1-4-11(2)16(9-10-20-3)14(17)12-7-5-6-8-13(12)15(18)19/h11-13H,4-10H2,1-3H3,(H,18,19)/t11?,12-,13+/m1/s1. The minimum atomic E-state index is -0.834. The van der Waals surface area contributed by atoms with Gasteiger partial charge in [-0.15, -0.1) is 0 Å². The van der Waals surface area contributed by atoms with Gasteiger partial charge in [-0.05, 0) is 26.2 Å². The van der Waals surface area contributed by atoms with Gasteiger partial charge in [0.25, 0.3) is 0 Å². The van der Waals surface area contributed by atoms with Gasteiger partial charge in [-0.1, -0.05) is 19.8 Å². The summed E-state index contributed by atoms with van der Waals surface area (Å²) in [7, 11) is 1.61. The molecule has 1 aliphatic rings. The molecular weight excluding hydrogens is 258 g/mol. The van der Waals surface area contributed by atoms with Crippen molar-refractivity contribution < 1.29 is 19.4 Å². The number of aliphatic carboxylic acids is 1. The van der Waals surface area contributed by atoms with Crippen molar-refractivity contribution in [1.82, 2.24) is 4.90 Å². The molecule has 1 unspecified atom stereocenters. The fourth-order valence-electron chi connectivity index (χ4n) is 2.89. The van der Waals surface area contributed by atoms with Crippen molar-refractivity contribution in [3.8, 4) is 0 Å². The second-order valence-electron chi connectivity index (χ2n) is 5.62. The van der Waals surface area contributed by atoms with E-state index in [-0.39, 0.29) is 17.9 Å². The van der Waals surface area contributed by atoms with E-state index in [1.54, 1.807) is 12.0 Å². The summed E-state index contributed by atoms with van der Waals surface area (Å²) in [5.41, 5.74) is 0. The third-order valence-corrected chi connectivity index (χ3v) is 4.34. The first kappa shape index (κ1) is 17.0. The first-order chi connectivity index (χ1) is 9.52. The Morgan fingerprint density at radius 1 is 1.30 bits per heavy atom. The van der Waals surface area contributed by atoms with Gasteiger partial charge in [0.2, 0.25) is 5.91 Å². The van der Waals surface area contributed by atoms with Crippen molar-refractivity contribution in [1.29, 1.82) is 0 Å². The Labute approximate surface area is 121 Å². The Morgan fingerprint density at radius 2 is 1.90 bits per heavy atom. The van der Waals surface area contributed by atoms with E-state index in [2.05, 4.69) is 0 Å². The van der Waals surface area contributed by atoms with E-state index in [9.17, 15) is 14.7 Å². The molecule has 1 amide bonds. The average Bonchev–Trinajstić information content (AvgIpc) is 2.46. The number of carbonyl (C=O) groups is 2. The predicted octanol–water partition coefficient (Wildman–Crippen LogP) is 2.15. The van der Waals surface area contributed by atoms with Crippen LogP contribution in [0.1, 0.15) is 46.0 Å². The van der Waals surface area contributed by atoms with Crippen LogP contribution in [0.25, 0.3) is 0 Å². The Bertz CT molecular complexity index is 332. The molecule has 0 heterocycles. The maximum absolute atomic E-state index is 12.7. The lowest BCUT2D eigenvalue weighted by molar-refractivity contribution is -0.153. The average molecular weight is 285 g/mol. The summed E-state index contributed by atoms with van der Waals surface area (Å²) in [6, 6.07) is 0.119. The van der Waals surface area contributed by atoms with Crippen LogP contribution in [0.2, 0.25) is 0 Å². The lowest BCUT2D eigenvalue weighted by Crippen LogP contribution is -2.47. The molecule has 5 nitrogen and oxygen atoms in total. The van der Waals surface area contributed by atoms with Crippen LogP contribution < -0.4 is 0 Å². The van der Waals surface area contributed by atoms with Crippen LogP contribution in [0.3, 0.4) is 0 Å². The van der Waals surface area contributed by atoms with Crippen LogP contribution in [0.5, 0.6) is 0 Å². The Hall–Kier alpha value is -1.10. The molecule has 3 atom stereocenters. The van der Waals surface area contributed by atoms with Crippen molar-refractivity contribution in [2.75, 3.05) is 20.3 Å². The van der Waals surface area contributed by atoms with Gasteiger partial charge >= 0.3 is 5.97 Å². The highest BCUT2D eigenvalue weighted by Crippen LogP contribution is 2.32. The lowest BCUT2D eigenvalue weighted by atomic mass is 9.78. The van der Waals surface area contributed by atoms with Crippen LogP contribution in [0.15, 0.2) is 0 Å². The number of methoxy groups -OCH3 is 1. The van der Waals surface area contributed by atoms with Crippen molar-refractivity contribution in [2.24, 2.45) is 11.8 Å². The first-order valence-electron chi connectivity index (χ1n) is 7.55. The molecule has 1 aliphatic carbocycles. The summed E-state index contributed by atoms with van der Waals surface area (Å²) in [6.07, 6.45) is 4.01. The third kappa shape index (κ3) is 4.20. The zero-order chi connectivity index (χ0) is 15.1. The highest BCUT2D eigenvalue weighted by molar-refractivity contribution is 5.85. The van der Waals surface area contributed by atoms with Gasteiger partial charge in [0.1, 0.15) is 0 Å². The minimum Gasteiger partial charge on any atom is -0.481 e.